The van der Waals surface area contributed by atoms with Crippen LogP contribution >= 0.6 is 0 Å². The number of halogens is 3. The molecule has 1 aliphatic carbocycles. The molecule has 0 atom stereocenters. The van der Waals surface area contributed by atoms with Crippen molar-refractivity contribution in [1.82, 2.24) is 4.98 Å². The van der Waals surface area contributed by atoms with Gasteiger partial charge in [-0.25, -0.2) is 0 Å². The van der Waals surface area contributed by atoms with Gasteiger partial charge >= 0.3 is 6.18 Å². The molecule has 0 saturated heterocycles. The van der Waals surface area contributed by atoms with E-state index in [2.05, 4.69) is 11.9 Å². The van der Waals surface area contributed by atoms with Gasteiger partial charge in [-0.1, -0.05) is 19.4 Å². The smallest absolute Gasteiger partial charge is 0.251 e. The second kappa shape index (κ2) is 4.07. The van der Waals surface area contributed by atoms with E-state index in [1.165, 1.54) is 6.20 Å². The Morgan fingerprint density at radius 3 is 2.44 bits per heavy atom. The largest absolute Gasteiger partial charge is 0.433 e. The average molecular weight is 229 g/mol. The van der Waals surface area contributed by atoms with Crippen LogP contribution < -0.4 is 0 Å². The minimum Gasteiger partial charge on any atom is -0.251 e. The van der Waals surface area contributed by atoms with Crippen molar-refractivity contribution in [3.8, 4) is 0 Å². The molecule has 0 unspecified atom stereocenters. The highest BCUT2D eigenvalue weighted by Gasteiger charge is 2.33. The van der Waals surface area contributed by atoms with Crippen LogP contribution in [0.25, 0.3) is 0 Å². The van der Waals surface area contributed by atoms with Gasteiger partial charge in [0.1, 0.15) is 5.69 Å². The quantitative estimate of drug-likeness (QED) is 0.746. The average Bonchev–Trinajstić information content (AvgIpc) is 2.15. The third-order valence-electron chi connectivity index (χ3n) is 3.36. The van der Waals surface area contributed by atoms with Gasteiger partial charge in [-0.2, -0.15) is 13.2 Å². The van der Waals surface area contributed by atoms with Gasteiger partial charge in [-0.3, -0.25) is 4.98 Å². The Labute approximate surface area is 92.7 Å². The van der Waals surface area contributed by atoms with Crippen molar-refractivity contribution in [2.75, 3.05) is 0 Å². The molecule has 1 nitrogen and oxygen atoms in total. The number of hydrogen-bond donors (Lipinski definition) is 0. The predicted molar refractivity (Wildman–Crippen MR) is 55.0 cm³/mol. The summed E-state index contributed by atoms with van der Waals surface area (Å²) in [7, 11) is 0. The fourth-order valence-corrected chi connectivity index (χ4v) is 2.16. The first-order chi connectivity index (χ1) is 7.50. The molecule has 1 aliphatic rings. The Hall–Kier alpha value is -1.06. The van der Waals surface area contributed by atoms with E-state index in [-0.39, 0.29) is 0 Å². The van der Waals surface area contributed by atoms with Crippen LogP contribution in [0.4, 0.5) is 13.2 Å². The van der Waals surface area contributed by atoms with Crippen LogP contribution in [0.2, 0.25) is 0 Å². The highest BCUT2D eigenvalue weighted by molar-refractivity contribution is 5.21. The molecule has 0 aliphatic heterocycles. The van der Waals surface area contributed by atoms with Crippen LogP contribution in [0, 0.1) is 5.92 Å². The number of rotatable bonds is 2. The summed E-state index contributed by atoms with van der Waals surface area (Å²) in [6.07, 6.45) is 0.376. The lowest BCUT2D eigenvalue weighted by atomic mass is 9.71. The van der Waals surface area contributed by atoms with E-state index in [0.29, 0.717) is 5.92 Å². The zero-order valence-corrected chi connectivity index (χ0v) is 9.09. The molecule has 0 N–H and O–H groups in total. The topological polar surface area (TPSA) is 12.9 Å². The lowest BCUT2D eigenvalue weighted by Gasteiger charge is -2.34. The van der Waals surface area contributed by atoms with Crippen molar-refractivity contribution >= 4 is 0 Å². The molecule has 0 aromatic carbocycles. The number of alkyl halides is 3. The molecule has 1 fully saturated rings. The lowest BCUT2D eigenvalue weighted by Crippen LogP contribution is -2.21. The maximum Gasteiger partial charge on any atom is 0.433 e. The van der Waals surface area contributed by atoms with Crippen LogP contribution in [-0.4, -0.2) is 4.98 Å². The summed E-state index contributed by atoms with van der Waals surface area (Å²) < 4.78 is 36.8. The highest BCUT2D eigenvalue weighted by atomic mass is 19.4. The molecule has 1 aromatic heterocycles. The third kappa shape index (κ3) is 2.20. The first kappa shape index (κ1) is 11.4. The van der Waals surface area contributed by atoms with E-state index in [1.807, 2.05) is 0 Å². The number of nitrogens with zero attached hydrogens (tertiary/aromatic N) is 1. The molecule has 1 saturated carbocycles. The number of hydrogen-bond acceptors (Lipinski definition) is 1. The normalized spacial score (nSPS) is 25.2. The zero-order valence-electron chi connectivity index (χ0n) is 9.09. The number of aromatic nitrogens is 1. The molecule has 16 heavy (non-hydrogen) atoms. The Bertz CT molecular complexity index is 350. The maximum atomic E-state index is 12.3. The summed E-state index contributed by atoms with van der Waals surface area (Å²) in [5, 5.41) is 0. The summed E-state index contributed by atoms with van der Waals surface area (Å²) in [6, 6.07) is 2.64. The van der Waals surface area contributed by atoms with E-state index in [4.69, 9.17) is 0 Å². The van der Waals surface area contributed by atoms with E-state index >= 15 is 0 Å². The van der Waals surface area contributed by atoms with E-state index in [0.717, 1.165) is 36.8 Å². The van der Waals surface area contributed by atoms with Gasteiger partial charge in [0.2, 0.25) is 0 Å². The van der Waals surface area contributed by atoms with Crippen LogP contribution in [0.5, 0.6) is 0 Å². The summed E-state index contributed by atoms with van der Waals surface area (Å²) in [5.41, 5.74) is 0.139. The Morgan fingerprint density at radius 2 is 2.00 bits per heavy atom. The van der Waals surface area contributed by atoms with Crippen molar-refractivity contribution in [3.63, 3.8) is 0 Å². The van der Waals surface area contributed by atoms with Crippen LogP contribution in [0.15, 0.2) is 18.3 Å². The molecular weight excluding hydrogens is 215 g/mol. The maximum absolute atomic E-state index is 12.3. The fraction of sp³-hybridized carbons (Fsp3) is 0.583. The van der Waals surface area contributed by atoms with Gasteiger partial charge in [-0.05, 0) is 36.3 Å². The van der Waals surface area contributed by atoms with Gasteiger partial charge in [0, 0.05) is 6.20 Å². The molecule has 88 valence electrons. The van der Waals surface area contributed by atoms with Crippen molar-refractivity contribution in [2.24, 2.45) is 5.92 Å². The predicted octanol–water partition coefficient (Wildman–Crippen LogP) is 4.00. The van der Waals surface area contributed by atoms with Gasteiger partial charge in [0.25, 0.3) is 0 Å². The van der Waals surface area contributed by atoms with Crippen molar-refractivity contribution in [3.05, 3.63) is 29.6 Å². The lowest BCUT2D eigenvalue weighted by molar-refractivity contribution is -0.141. The fourth-order valence-electron chi connectivity index (χ4n) is 2.16. The second-order valence-electron chi connectivity index (χ2n) is 4.42. The van der Waals surface area contributed by atoms with Crippen LogP contribution in [-0.2, 0) is 6.18 Å². The first-order valence-corrected chi connectivity index (χ1v) is 5.54. The molecule has 2 rings (SSSR count). The molecule has 4 heteroatoms. The monoisotopic (exact) mass is 229 g/mol. The van der Waals surface area contributed by atoms with E-state index in [9.17, 15) is 13.2 Å². The van der Waals surface area contributed by atoms with Crippen molar-refractivity contribution in [1.29, 1.82) is 0 Å². The molecule has 0 spiro atoms. The van der Waals surface area contributed by atoms with E-state index in [1.54, 1.807) is 6.07 Å². The van der Waals surface area contributed by atoms with Crippen LogP contribution in [0.3, 0.4) is 0 Å². The summed E-state index contributed by atoms with van der Waals surface area (Å²) in [6.45, 7) is 2.14. The van der Waals surface area contributed by atoms with Crippen molar-refractivity contribution < 1.29 is 13.2 Å². The summed E-state index contributed by atoms with van der Waals surface area (Å²) >= 11 is 0. The SMILES string of the molecule is CCC1CC(c2ccc(C(F)(F)F)nc2)C1. The second-order valence-corrected chi connectivity index (χ2v) is 4.42. The van der Waals surface area contributed by atoms with Gasteiger partial charge in [-0.15, -0.1) is 0 Å². The zero-order chi connectivity index (χ0) is 11.8. The Kier molecular flexibility index (Phi) is 2.91. The van der Waals surface area contributed by atoms with Gasteiger partial charge in [0.15, 0.2) is 0 Å². The van der Waals surface area contributed by atoms with Crippen LogP contribution in [0.1, 0.15) is 43.4 Å². The molecule has 0 amide bonds. The molecule has 0 bridgehead atoms. The Balaban J connectivity index is 2.04. The molecular formula is C12H14F3N. The molecule has 1 heterocycles. The molecule has 1 aromatic rings. The minimum atomic E-state index is -4.33. The summed E-state index contributed by atoms with van der Waals surface area (Å²) in [4.78, 5) is 3.48. The Morgan fingerprint density at radius 1 is 1.31 bits per heavy atom. The van der Waals surface area contributed by atoms with Gasteiger partial charge in [0.05, 0.1) is 0 Å². The molecule has 0 radical (unpaired) electrons. The standard InChI is InChI=1S/C12H14F3N/c1-2-8-5-10(6-8)9-3-4-11(16-7-9)12(13,14)15/h3-4,7-8,10H,2,5-6H2,1H3. The highest BCUT2D eigenvalue weighted by Crippen LogP contribution is 2.43. The minimum absolute atomic E-state index is 0.416. The van der Waals surface area contributed by atoms with E-state index < -0.39 is 11.9 Å². The van der Waals surface area contributed by atoms with Gasteiger partial charge < -0.3 is 0 Å². The third-order valence-corrected chi connectivity index (χ3v) is 3.36. The number of pyridine rings is 1. The summed E-state index contributed by atoms with van der Waals surface area (Å²) in [5.74, 6) is 1.16. The van der Waals surface area contributed by atoms with Crippen molar-refractivity contribution in [2.45, 2.75) is 38.3 Å². The first-order valence-electron chi connectivity index (χ1n) is 5.54.